The van der Waals surface area contributed by atoms with Crippen LogP contribution in [-0.4, -0.2) is 4.98 Å². The summed E-state index contributed by atoms with van der Waals surface area (Å²) in [5, 5.41) is 1.91. The maximum Gasteiger partial charge on any atom is 0.214 e. The first-order chi connectivity index (χ1) is 8.91. The van der Waals surface area contributed by atoms with Gasteiger partial charge in [0, 0.05) is 18.0 Å². The molecule has 0 aliphatic heterocycles. The Hall–Kier alpha value is -2.25. The fourth-order valence-electron chi connectivity index (χ4n) is 1.34. The molecule has 0 saturated heterocycles. The highest BCUT2D eigenvalue weighted by Gasteiger charge is 2.25. The molecule has 1 aromatic carbocycles. The molecule has 0 fully saturated rings. The summed E-state index contributed by atoms with van der Waals surface area (Å²) in [4.78, 5) is 3.17. The van der Waals surface area contributed by atoms with E-state index in [9.17, 15) is 26.3 Å². The van der Waals surface area contributed by atoms with Crippen molar-refractivity contribution < 1.29 is 26.3 Å². The first-order valence-electron chi connectivity index (χ1n) is 4.82. The summed E-state index contributed by atoms with van der Waals surface area (Å²) in [6, 6.07) is 1.83. The van der Waals surface area contributed by atoms with Crippen LogP contribution in [0.2, 0.25) is 0 Å². The standard InChI is InChI=1S/C11H4F6N2/c12-5-3-4(1-2-18-5)19-11-9(16)7(14)6(13)8(15)10(11)17/h1-3H,(H,18,19). The zero-order valence-corrected chi connectivity index (χ0v) is 8.95. The van der Waals surface area contributed by atoms with Gasteiger partial charge in [0.05, 0.1) is 0 Å². The van der Waals surface area contributed by atoms with E-state index in [0.29, 0.717) is 0 Å². The lowest BCUT2D eigenvalue weighted by atomic mass is 10.2. The molecule has 0 unspecified atom stereocenters. The van der Waals surface area contributed by atoms with Gasteiger partial charge in [0.25, 0.3) is 0 Å². The summed E-state index contributed by atoms with van der Waals surface area (Å²) < 4.78 is 77.9. The Morgan fingerprint density at radius 1 is 0.789 bits per heavy atom. The highest BCUT2D eigenvalue weighted by molar-refractivity contribution is 5.60. The van der Waals surface area contributed by atoms with E-state index >= 15 is 0 Å². The average Bonchev–Trinajstić information content (AvgIpc) is 2.39. The molecular formula is C11H4F6N2. The van der Waals surface area contributed by atoms with Crippen molar-refractivity contribution in [3.05, 3.63) is 53.4 Å². The molecule has 1 heterocycles. The zero-order valence-electron chi connectivity index (χ0n) is 8.95. The van der Waals surface area contributed by atoms with Gasteiger partial charge in [-0.2, -0.15) is 4.39 Å². The molecule has 1 aromatic heterocycles. The van der Waals surface area contributed by atoms with Gasteiger partial charge in [-0.3, -0.25) is 0 Å². The summed E-state index contributed by atoms with van der Waals surface area (Å²) in [6.07, 6.45) is 0.962. The minimum atomic E-state index is -2.26. The predicted molar refractivity (Wildman–Crippen MR) is 53.7 cm³/mol. The summed E-state index contributed by atoms with van der Waals surface area (Å²) in [7, 11) is 0. The van der Waals surface area contributed by atoms with Crippen molar-refractivity contribution in [1.82, 2.24) is 4.98 Å². The van der Waals surface area contributed by atoms with Gasteiger partial charge in [-0.25, -0.2) is 26.9 Å². The Balaban J connectivity index is 2.52. The van der Waals surface area contributed by atoms with E-state index in [-0.39, 0.29) is 5.69 Å². The fourth-order valence-corrected chi connectivity index (χ4v) is 1.34. The van der Waals surface area contributed by atoms with Gasteiger partial charge in [-0.1, -0.05) is 0 Å². The van der Waals surface area contributed by atoms with E-state index in [1.165, 1.54) is 0 Å². The number of halogens is 6. The van der Waals surface area contributed by atoms with E-state index in [0.717, 1.165) is 18.3 Å². The van der Waals surface area contributed by atoms with Crippen molar-refractivity contribution >= 4 is 11.4 Å². The number of aromatic nitrogens is 1. The highest BCUT2D eigenvalue weighted by atomic mass is 19.2. The lowest BCUT2D eigenvalue weighted by molar-refractivity contribution is 0.382. The molecule has 0 aliphatic carbocycles. The summed E-state index contributed by atoms with van der Waals surface area (Å²) in [6.45, 7) is 0. The minimum Gasteiger partial charge on any atom is -0.350 e. The Bertz CT molecular complexity index is 614. The van der Waals surface area contributed by atoms with Crippen LogP contribution in [0.4, 0.5) is 37.7 Å². The lowest BCUT2D eigenvalue weighted by Crippen LogP contribution is -2.07. The van der Waals surface area contributed by atoms with E-state index in [1.807, 2.05) is 5.32 Å². The van der Waals surface area contributed by atoms with E-state index in [1.54, 1.807) is 0 Å². The van der Waals surface area contributed by atoms with Gasteiger partial charge in [-0.05, 0) is 6.07 Å². The van der Waals surface area contributed by atoms with Gasteiger partial charge in [0.15, 0.2) is 23.3 Å². The van der Waals surface area contributed by atoms with Crippen LogP contribution < -0.4 is 5.32 Å². The summed E-state index contributed by atoms with van der Waals surface area (Å²) in [5.74, 6) is -11.5. The number of pyridine rings is 1. The fraction of sp³-hybridized carbons (Fsp3) is 0. The average molecular weight is 278 g/mol. The van der Waals surface area contributed by atoms with Crippen molar-refractivity contribution in [3.8, 4) is 0 Å². The third kappa shape index (κ3) is 2.33. The quantitative estimate of drug-likeness (QED) is 0.392. The van der Waals surface area contributed by atoms with Gasteiger partial charge in [-0.15, -0.1) is 0 Å². The second-order valence-corrected chi connectivity index (χ2v) is 3.44. The Morgan fingerprint density at radius 3 is 1.84 bits per heavy atom. The van der Waals surface area contributed by atoms with Gasteiger partial charge >= 0.3 is 0 Å². The van der Waals surface area contributed by atoms with Crippen LogP contribution in [0.25, 0.3) is 0 Å². The minimum absolute atomic E-state index is 0.212. The second-order valence-electron chi connectivity index (χ2n) is 3.44. The van der Waals surface area contributed by atoms with Crippen molar-refractivity contribution in [2.45, 2.75) is 0 Å². The monoisotopic (exact) mass is 278 g/mol. The number of benzene rings is 1. The van der Waals surface area contributed by atoms with Crippen molar-refractivity contribution in [1.29, 1.82) is 0 Å². The van der Waals surface area contributed by atoms with E-state index < -0.39 is 40.7 Å². The number of nitrogens with one attached hydrogen (secondary N) is 1. The normalized spacial score (nSPS) is 10.6. The van der Waals surface area contributed by atoms with Crippen LogP contribution in [0.5, 0.6) is 0 Å². The van der Waals surface area contributed by atoms with Crippen molar-refractivity contribution in [3.63, 3.8) is 0 Å². The second kappa shape index (κ2) is 4.79. The third-order valence-corrected chi connectivity index (χ3v) is 2.21. The number of nitrogens with zero attached hydrogens (tertiary/aromatic N) is 1. The van der Waals surface area contributed by atoms with Crippen molar-refractivity contribution in [2.75, 3.05) is 5.32 Å². The smallest absolute Gasteiger partial charge is 0.214 e. The molecule has 8 heteroatoms. The van der Waals surface area contributed by atoms with E-state index in [4.69, 9.17) is 0 Å². The molecule has 2 aromatic rings. The molecule has 1 N–H and O–H groups in total. The lowest BCUT2D eigenvalue weighted by Gasteiger charge is -2.10. The number of rotatable bonds is 2. The maximum absolute atomic E-state index is 13.3. The van der Waals surface area contributed by atoms with Crippen molar-refractivity contribution in [2.24, 2.45) is 0 Å². The van der Waals surface area contributed by atoms with Gasteiger partial charge < -0.3 is 5.32 Å². The number of hydrogen-bond donors (Lipinski definition) is 1. The SMILES string of the molecule is Fc1cc(Nc2c(F)c(F)c(F)c(F)c2F)ccn1. The molecule has 0 spiro atoms. The molecule has 0 radical (unpaired) electrons. The van der Waals surface area contributed by atoms with Gasteiger partial charge in [0.1, 0.15) is 5.69 Å². The first-order valence-corrected chi connectivity index (χ1v) is 4.82. The largest absolute Gasteiger partial charge is 0.350 e. The predicted octanol–water partition coefficient (Wildman–Crippen LogP) is 3.66. The van der Waals surface area contributed by atoms with Crippen LogP contribution in [0, 0.1) is 35.0 Å². The van der Waals surface area contributed by atoms with Gasteiger partial charge in [0.2, 0.25) is 11.8 Å². The highest BCUT2D eigenvalue weighted by Crippen LogP contribution is 2.29. The Morgan fingerprint density at radius 2 is 1.32 bits per heavy atom. The van der Waals surface area contributed by atoms with Crippen LogP contribution in [0.15, 0.2) is 18.3 Å². The maximum atomic E-state index is 13.3. The summed E-state index contributed by atoms with van der Waals surface area (Å²) >= 11 is 0. The molecule has 100 valence electrons. The molecule has 0 aliphatic rings. The van der Waals surface area contributed by atoms with Crippen LogP contribution in [0.1, 0.15) is 0 Å². The molecule has 0 bridgehead atoms. The molecular weight excluding hydrogens is 274 g/mol. The molecule has 2 nitrogen and oxygen atoms in total. The Labute approximate surface area is 102 Å². The molecule has 2 rings (SSSR count). The third-order valence-electron chi connectivity index (χ3n) is 2.21. The number of hydrogen-bond acceptors (Lipinski definition) is 2. The molecule has 0 atom stereocenters. The molecule has 19 heavy (non-hydrogen) atoms. The van der Waals surface area contributed by atoms with Crippen LogP contribution >= 0.6 is 0 Å². The number of anilines is 2. The topological polar surface area (TPSA) is 24.9 Å². The summed E-state index contributed by atoms with van der Waals surface area (Å²) in [5.41, 5.74) is -1.47. The zero-order chi connectivity index (χ0) is 14.2. The Kier molecular flexibility index (Phi) is 3.32. The van der Waals surface area contributed by atoms with Crippen LogP contribution in [0.3, 0.4) is 0 Å². The van der Waals surface area contributed by atoms with Crippen LogP contribution in [-0.2, 0) is 0 Å². The van der Waals surface area contributed by atoms with E-state index in [2.05, 4.69) is 4.98 Å². The molecule has 0 amide bonds. The first kappa shape index (κ1) is 13.2. The molecule has 0 saturated carbocycles.